The van der Waals surface area contributed by atoms with Crippen LogP contribution in [0.3, 0.4) is 0 Å². The quantitative estimate of drug-likeness (QED) is 0.606. The molecule has 0 unspecified atom stereocenters. The second-order valence-electron chi connectivity index (χ2n) is 4.21. The molecule has 1 saturated heterocycles. The van der Waals surface area contributed by atoms with E-state index in [0.717, 1.165) is 32.0 Å². The number of piperazine rings is 1. The first kappa shape index (κ1) is 15.6. The fraction of sp³-hybridized carbons (Fsp3) is 0.583. The Hall–Kier alpha value is 0.506. The van der Waals surface area contributed by atoms with Gasteiger partial charge in [-0.25, -0.2) is 0 Å². The van der Waals surface area contributed by atoms with Crippen molar-refractivity contribution < 1.29 is 51.4 Å². The van der Waals surface area contributed by atoms with E-state index in [4.69, 9.17) is 0 Å². The van der Waals surface area contributed by atoms with Gasteiger partial charge in [0.05, 0.1) is 0 Å². The molecule has 1 aromatic heterocycles. The smallest absolute Gasteiger partial charge is 0.464 e. The van der Waals surface area contributed by atoms with Gasteiger partial charge < -0.3 is 20.1 Å². The van der Waals surface area contributed by atoms with Crippen molar-refractivity contribution in [2.45, 2.75) is 0 Å². The molecule has 5 heteroatoms. The first-order valence-corrected chi connectivity index (χ1v) is 5.84. The molecule has 0 N–H and O–H groups in total. The van der Waals surface area contributed by atoms with Crippen LogP contribution in [0.5, 0.6) is 0 Å². The molecule has 1 aliphatic heterocycles. The molecule has 0 amide bonds. The fourth-order valence-corrected chi connectivity index (χ4v) is 1.82. The Bertz CT molecular complexity index is 299. The summed E-state index contributed by atoms with van der Waals surface area (Å²) in [5, 5.41) is 4.45. The summed E-state index contributed by atoms with van der Waals surface area (Å²) < 4.78 is 0. The van der Waals surface area contributed by atoms with Crippen LogP contribution in [-0.4, -0.2) is 61.1 Å². The third kappa shape index (κ3) is 5.78. The van der Waals surface area contributed by atoms with Crippen LogP contribution in [0, 0.1) is 0 Å². The summed E-state index contributed by atoms with van der Waals surface area (Å²) in [6.45, 7) is 6.56. The average molecular weight is 258 g/mol. The molecule has 17 heavy (non-hydrogen) atoms. The molecule has 0 saturated carbocycles. The Balaban J connectivity index is 0.00000144. The van der Waals surface area contributed by atoms with Crippen molar-refractivity contribution in [1.29, 1.82) is 0 Å². The zero-order chi connectivity index (χ0) is 11.2. The minimum atomic E-state index is 0. The van der Waals surface area contributed by atoms with Crippen LogP contribution in [-0.2, 0) is 0 Å². The molecule has 0 bridgehead atoms. The number of rotatable bonds is 4. The van der Waals surface area contributed by atoms with Gasteiger partial charge in [0.15, 0.2) is 0 Å². The Kier molecular flexibility index (Phi) is 7.86. The molecular formula is C12H19KN4. The molecular weight excluding hydrogens is 239 g/mol. The zero-order valence-corrected chi connectivity index (χ0v) is 14.0. The van der Waals surface area contributed by atoms with Gasteiger partial charge in [0, 0.05) is 26.2 Å². The van der Waals surface area contributed by atoms with Gasteiger partial charge in [0.2, 0.25) is 0 Å². The van der Waals surface area contributed by atoms with E-state index in [0.29, 0.717) is 0 Å². The monoisotopic (exact) mass is 258 g/mol. The maximum Gasteiger partial charge on any atom is 1.00 e. The SMILES string of the molecule is CN1CCN(CC[N-]c2ccccn2)CC1.[K+]. The Labute approximate surface area is 146 Å². The third-order valence-corrected chi connectivity index (χ3v) is 2.94. The number of likely N-dealkylation sites (N-methyl/N-ethyl adjacent to an activating group) is 1. The van der Waals surface area contributed by atoms with Crippen molar-refractivity contribution >= 4 is 5.82 Å². The van der Waals surface area contributed by atoms with Crippen LogP contribution in [0.25, 0.3) is 5.32 Å². The van der Waals surface area contributed by atoms with Gasteiger partial charge in [-0.05, 0) is 20.1 Å². The van der Waals surface area contributed by atoms with E-state index in [-0.39, 0.29) is 51.4 Å². The molecule has 0 aliphatic carbocycles. The second kappa shape index (κ2) is 8.58. The van der Waals surface area contributed by atoms with Gasteiger partial charge in [-0.2, -0.15) is 0 Å². The van der Waals surface area contributed by atoms with E-state index in [1.807, 2.05) is 18.2 Å². The Morgan fingerprint density at radius 2 is 2.00 bits per heavy atom. The summed E-state index contributed by atoms with van der Waals surface area (Å²) >= 11 is 0. The minimum absolute atomic E-state index is 0. The molecule has 0 atom stereocenters. The van der Waals surface area contributed by atoms with Crippen molar-refractivity contribution in [3.05, 3.63) is 29.7 Å². The summed E-state index contributed by atoms with van der Waals surface area (Å²) in [6, 6.07) is 5.84. The topological polar surface area (TPSA) is 33.5 Å². The fourth-order valence-electron chi connectivity index (χ4n) is 1.82. The number of pyridine rings is 1. The van der Waals surface area contributed by atoms with Crippen molar-refractivity contribution in [1.82, 2.24) is 14.8 Å². The normalized spacial score (nSPS) is 17.5. The average Bonchev–Trinajstić information content (AvgIpc) is 2.33. The first-order chi connectivity index (χ1) is 7.84. The summed E-state index contributed by atoms with van der Waals surface area (Å²) in [5.41, 5.74) is 0. The van der Waals surface area contributed by atoms with Crippen molar-refractivity contribution in [3.8, 4) is 0 Å². The molecule has 0 spiro atoms. The largest absolute Gasteiger partial charge is 1.00 e. The molecule has 88 valence electrons. The molecule has 4 nitrogen and oxygen atoms in total. The number of hydrogen-bond donors (Lipinski definition) is 0. The summed E-state index contributed by atoms with van der Waals surface area (Å²) in [5.74, 6) is 0.844. The van der Waals surface area contributed by atoms with Gasteiger partial charge in [-0.3, -0.25) is 0 Å². The van der Waals surface area contributed by atoms with E-state index in [9.17, 15) is 0 Å². The standard InChI is InChI=1S/C12H19N4.K/c1-15-8-10-16(11-9-15)7-6-14-12-4-2-3-5-13-12;/h2-5H,6-11H2,1H3;/q-1;+1. The first-order valence-electron chi connectivity index (χ1n) is 5.84. The minimum Gasteiger partial charge on any atom is -0.464 e. The summed E-state index contributed by atoms with van der Waals surface area (Å²) in [6.07, 6.45) is 1.79. The number of hydrogen-bond acceptors (Lipinski definition) is 3. The summed E-state index contributed by atoms with van der Waals surface area (Å²) in [4.78, 5) is 9.01. The third-order valence-electron chi connectivity index (χ3n) is 2.94. The van der Waals surface area contributed by atoms with Crippen molar-refractivity contribution in [3.63, 3.8) is 0 Å². The van der Waals surface area contributed by atoms with E-state index in [1.54, 1.807) is 6.20 Å². The van der Waals surface area contributed by atoms with Gasteiger partial charge in [0.25, 0.3) is 0 Å². The maximum atomic E-state index is 4.45. The van der Waals surface area contributed by atoms with Crippen LogP contribution < -0.4 is 51.4 Å². The number of nitrogens with zero attached hydrogens (tertiary/aromatic N) is 4. The van der Waals surface area contributed by atoms with Gasteiger partial charge >= 0.3 is 51.4 Å². The van der Waals surface area contributed by atoms with E-state index >= 15 is 0 Å². The van der Waals surface area contributed by atoms with Crippen LogP contribution in [0.1, 0.15) is 0 Å². The van der Waals surface area contributed by atoms with Crippen LogP contribution >= 0.6 is 0 Å². The van der Waals surface area contributed by atoms with Crippen molar-refractivity contribution in [2.24, 2.45) is 0 Å². The molecule has 2 heterocycles. The van der Waals surface area contributed by atoms with Crippen LogP contribution in [0.4, 0.5) is 5.82 Å². The molecule has 2 rings (SSSR count). The van der Waals surface area contributed by atoms with Gasteiger partial charge in [0.1, 0.15) is 0 Å². The predicted molar refractivity (Wildman–Crippen MR) is 66.1 cm³/mol. The van der Waals surface area contributed by atoms with E-state index < -0.39 is 0 Å². The zero-order valence-electron chi connectivity index (χ0n) is 10.8. The van der Waals surface area contributed by atoms with E-state index in [2.05, 4.69) is 27.1 Å². The second-order valence-corrected chi connectivity index (χ2v) is 4.21. The molecule has 0 radical (unpaired) electrons. The molecule has 1 fully saturated rings. The molecule has 1 aromatic rings. The number of aromatic nitrogens is 1. The van der Waals surface area contributed by atoms with Crippen LogP contribution in [0.2, 0.25) is 0 Å². The Morgan fingerprint density at radius 1 is 1.24 bits per heavy atom. The Morgan fingerprint density at radius 3 is 2.65 bits per heavy atom. The van der Waals surface area contributed by atoms with Gasteiger partial charge in [-0.15, -0.1) is 0 Å². The van der Waals surface area contributed by atoms with Crippen LogP contribution in [0.15, 0.2) is 24.4 Å². The van der Waals surface area contributed by atoms with Crippen molar-refractivity contribution in [2.75, 3.05) is 46.3 Å². The van der Waals surface area contributed by atoms with E-state index in [1.165, 1.54) is 13.1 Å². The van der Waals surface area contributed by atoms with Gasteiger partial charge in [-0.1, -0.05) is 30.2 Å². The molecule has 1 aliphatic rings. The summed E-state index contributed by atoms with van der Waals surface area (Å²) in [7, 11) is 2.18. The molecule has 0 aromatic carbocycles. The maximum absolute atomic E-state index is 4.45. The predicted octanol–water partition coefficient (Wildman–Crippen LogP) is -1.66.